The summed E-state index contributed by atoms with van der Waals surface area (Å²) in [7, 11) is 0. The number of carbonyl (C=O) groups excluding carboxylic acids is 1. The molecule has 3 rings (SSSR count). The highest BCUT2D eigenvalue weighted by Crippen LogP contribution is 2.47. The van der Waals surface area contributed by atoms with Gasteiger partial charge in [-0.2, -0.15) is 0 Å². The largest absolute Gasteiger partial charge is 0.326 e. The lowest BCUT2D eigenvalue weighted by atomic mass is 10.0. The highest BCUT2D eigenvalue weighted by Gasteiger charge is 2.43. The van der Waals surface area contributed by atoms with E-state index in [2.05, 4.69) is 43.4 Å². The lowest BCUT2D eigenvalue weighted by molar-refractivity contribution is -0.117. The van der Waals surface area contributed by atoms with E-state index in [4.69, 9.17) is 0 Å². The summed E-state index contributed by atoms with van der Waals surface area (Å²) in [6.07, 6.45) is 0.958. The quantitative estimate of drug-likeness (QED) is 0.874. The van der Waals surface area contributed by atoms with Gasteiger partial charge in [0.25, 0.3) is 0 Å². The lowest BCUT2D eigenvalue weighted by Crippen LogP contribution is -2.14. The van der Waals surface area contributed by atoms with Gasteiger partial charge in [0.05, 0.1) is 0 Å². The summed E-state index contributed by atoms with van der Waals surface area (Å²) in [4.78, 5) is 12.3. The normalized spacial score (nSPS) is 20.3. The van der Waals surface area contributed by atoms with Gasteiger partial charge in [0.2, 0.25) is 5.91 Å². The summed E-state index contributed by atoms with van der Waals surface area (Å²) in [6, 6.07) is 18.5. The van der Waals surface area contributed by atoms with E-state index in [0.717, 1.165) is 12.1 Å². The van der Waals surface area contributed by atoms with E-state index < -0.39 is 0 Å². The molecule has 0 heterocycles. The first-order valence-electron chi connectivity index (χ1n) is 7.61. The summed E-state index contributed by atoms with van der Waals surface area (Å²) in [6.45, 7) is 4.34. The monoisotopic (exact) mass is 279 g/mol. The Morgan fingerprint density at radius 2 is 1.71 bits per heavy atom. The highest BCUT2D eigenvalue weighted by atomic mass is 16.2. The molecular weight excluding hydrogens is 258 g/mol. The number of carbonyl (C=O) groups is 1. The third-order valence-electron chi connectivity index (χ3n) is 4.20. The molecule has 0 aromatic heterocycles. The number of amides is 1. The fraction of sp³-hybridized carbons (Fsp3) is 0.316. The Morgan fingerprint density at radius 3 is 2.33 bits per heavy atom. The van der Waals surface area contributed by atoms with Crippen LogP contribution in [0.2, 0.25) is 0 Å². The maximum atomic E-state index is 12.3. The fourth-order valence-corrected chi connectivity index (χ4v) is 2.74. The molecule has 0 radical (unpaired) electrons. The molecule has 0 unspecified atom stereocenters. The molecule has 108 valence electrons. The molecule has 1 amide bonds. The Labute approximate surface area is 126 Å². The Morgan fingerprint density at radius 1 is 1.05 bits per heavy atom. The van der Waals surface area contributed by atoms with E-state index in [1.54, 1.807) is 0 Å². The van der Waals surface area contributed by atoms with Crippen LogP contribution in [0.15, 0.2) is 54.6 Å². The summed E-state index contributed by atoms with van der Waals surface area (Å²) in [5, 5.41) is 3.03. The molecule has 2 atom stereocenters. The minimum atomic E-state index is 0.122. The van der Waals surface area contributed by atoms with Crippen LogP contribution in [0.5, 0.6) is 0 Å². The molecule has 0 bridgehead atoms. The van der Waals surface area contributed by atoms with Crippen molar-refractivity contribution in [3.05, 3.63) is 65.7 Å². The van der Waals surface area contributed by atoms with Crippen molar-refractivity contribution in [1.29, 1.82) is 0 Å². The second-order valence-electron chi connectivity index (χ2n) is 6.13. The van der Waals surface area contributed by atoms with Crippen molar-refractivity contribution in [2.45, 2.75) is 32.1 Å². The Kier molecular flexibility index (Phi) is 3.78. The predicted molar refractivity (Wildman–Crippen MR) is 86.5 cm³/mol. The summed E-state index contributed by atoms with van der Waals surface area (Å²) < 4.78 is 0. The zero-order chi connectivity index (χ0) is 14.8. The van der Waals surface area contributed by atoms with Crippen molar-refractivity contribution in [1.82, 2.24) is 0 Å². The van der Waals surface area contributed by atoms with Gasteiger partial charge in [-0.1, -0.05) is 56.3 Å². The van der Waals surface area contributed by atoms with Gasteiger partial charge in [0.15, 0.2) is 0 Å². The Balaban J connectivity index is 1.60. The molecule has 1 N–H and O–H groups in total. The van der Waals surface area contributed by atoms with Crippen molar-refractivity contribution in [2.75, 3.05) is 5.32 Å². The van der Waals surface area contributed by atoms with Gasteiger partial charge in [-0.05, 0) is 41.5 Å². The number of benzene rings is 2. The van der Waals surface area contributed by atoms with Gasteiger partial charge in [0, 0.05) is 11.6 Å². The van der Waals surface area contributed by atoms with Crippen LogP contribution in [-0.2, 0) is 4.79 Å². The molecule has 21 heavy (non-hydrogen) atoms. The second kappa shape index (κ2) is 5.72. The highest BCUT2D eigenvalue weighted by molar-refractivity contribution is 5.95. The van der Waals surface area contributed by atoms with Crippen LogP contribution in [0, 0.1) is 5.92 Å². The van der Waals surface area contributed by atoms with Gasteiger partial charge in [-0.25, -0.2) is 0 Å². The SMILES string of the molecule is CC(C)c1ccc(NC(=O)[C@@H]2C[C@H]2c2ccccc2)cc1. The zero-order valence-corrected chi connectivity index (χ0v) is 12.5. The average Bonchev–Trinajstić information content (AvgIpc) is 3.29. The number of nitrogens with one attached hydrogen (secondary N) is 1. The molecule has 1 saturated carbocycles. The molecule has 1 aliphatic carbocycles. The first-order chi connectivity index (χ1) is 10.1. The van der Waals surface area contributed by atoms with Crippen LogP contribution >= 0.6 is 0 Å². The number of rotatable bonds is 4. The van der Waals surface area contributed by atoms with Gasteiger partial charge >= 0.3 is 0 Å². The van der Waals surface area contributed by atoms with Crippen molar-refractivity contribution in [3.8, 4) is 0 Å². The van der Waals surface area contributed by atoms with E-state index in [1.807, 2.05) is 30.3 Å². The van der Waals surface area contributed by atoms with Crippen molar-refractivity contribution >= 4 is 11.6 Å². The molecule has 2 heteroatoms. The van der Waals surface area contributed by atoms with Crippen LogP contribution in [-0.4, -0.2) is 5.91 Å². The van der Waals surface area contributed by atoms with Crippen molar-refractivity contribution in [3.63, 3.8) is 0 Å². The van der Waals surface area contributed by atoms with Crippen molar-refractivity contribution in [2.24, 2.45) is 5.92 Å². The number of anilines is 1. The molecule has 0 spiro atoms. The topological polar surface area (TPSA) is 29.1 Å². The molecule has 1 aliphatic rings. The second-order valence-corrected chi connectivity index (χ2v) is 6.13. The van der Waals surface area contributed by atoms with E-state index >= 15 is 0 Å². The van der Waals surface area contributed by atoms with Gasteiger partial charge < -0.3 is 5.32 Å². The molecular formula is C19H21NO. The van der Waals surface area contributed by atoms with Gasteiger partial charge in [0.1, 0.15) is 0 Å². The smallest absolute Gasteiger partial charge is 0.228 e. The van der Waals surface area contributed by atoms with E-state index in [0.29, 0.717) is 11.8 Å². The van der Waals surface area contributed by atoms with Crippen LogP contribution in [0.1, 0.15) is 43.2 Å². The standard InChI is InChI=1S/C19H21NO/c1-13(2)14-8-10-16(11-9-14)20-19(21)18-12-17(18)15-6-4-3-5-7-15/h3-11,13,17-18H,12H2,1-2H3,(H,20,21)/t17-,18+/m0/s1. The van der Waals surface area contributed by atoms with Gasteiger partial charge in [-0.15, -0.1) is 0 Å². The van der Waals surface area contributed by atoms with Crippen LogP contribution in [0.4, 0.5) is 5.69 Å². The number of hydrogen-bond acceptors (Lipinski definition) is 1. The minimum absolute atomic E-state index is 0.122. The maximum absolute atomic E-state index is 12.3. The molecule has 2 aromatic rings. The fourth-order valence-electron chi connectivity index (χ4n) is 2.74. The van der Waals surface area contributed by atoms with Crippen molar-refractivity contribution < 1.29 is 4.79 Å². The molecule has 1 fully saturated rings. The van der Waals surface area contributed by atoms with Gasteiger partial charge in [-0.3, -0.25) is 4.79 Å². The third-order valence-corrected chi connectivity index (χ3v) is 4.20. The summed E-state index contributed by atoms with van der Waals surface area (Å²) in [5.41, 5.74) is 3.46. The molecule has 0 saturated heterocycles. The Bertz CT molecular complexity index is 616. The number of hydrogen-bond donors (Lipinski definition) is 1. The van der Waals surface area contributed by atoms with E-state index in [-0.39, 0.29) is 11.8 Å². The maximum Gasteiger partial charge on any atom is 0.228 e. The first-order valence-corrected chi connectivity index (χ1v) is 7.61. The molecule has 2 aromatic carbocycles. The minimum Gasteiger partial charge on any atom is -0.326 e. The lowest BCUT2D eigenvalue weighted by Gasteiger charge is -2.08. The van der Waals surface area contributed by atoms with Crippen LogP contribution in [0.25, 0.3) is 0 Å². The zero-order valence-electron chi connectivity index (χ0n) is 12.5. The van der Waals surface area contributed by atoms with Crippen LogP contribution in [0.3, 0.4) is 0 Å². The molecule has 0 aliphatic heterocycles. The first kappa shape index (κ1) is 13.9. The third kappa shape index (κ3) is 3.15. The average molecular weight is 279 g/mol. The van der Waals surface area contributed by atoms with E-state index in [1.165, 1.54) is 11.1 Å². The predicted octanol–water partition coefficient (Wildman–Crippen LogP) is 4.55. The Hall–Kier alpha value is -2.09. The summed E-state index contributed by atoms with van der Waals surface area (Å²) in [5.74, 6) is 1.17. The van der Waals surface area contributed by atoms with Crippen LogP contribution < -0.4 is 5.32 Å². The summed E-state index contributed by atoms with van der Waals surface area (Å²) >= 11 is 0. The van der Waals surface area contributed by atoms with E-state index in [9.17, 15) is 4.79 Å². The molecule has 2 nitrogen and oxygen atoms in total.